The lowest BCUT2D eigenvalue weighted by Crippen LogP contribution is -1.90. The van der Waals surface area contributed by atoms with Crippen LogP contribution in [0.3, 0.4) is 0 Å². The first-order valence-corrected chi connectivity index (χ1v) is 5.98. The molecule has 1 aromatic rings. The summed E-state index contributed by atoms with van der Waals surface area (Å²) in [6.45, 7) is 12.0. The summed E-state index contributed by atoms with van der Waals surface area (Å²) >= 11 is 0. The number of allylic oxidation sites excluding steroid dienone is 5. The van der Waals surface area contributed by atoms with Gasteiger partial charge in [-0.2, -0.15) is 0 Å². The molecule has 18 heavy (non-hydrogen) atoms. The summed E-state index contributed by atoms with van der Waals surface area (Å²) in [5.74, 6) is 0. The Morgan fingerprint density at radius 2 is 1.89 bits per heavy atom. The number of hydrogen-bond donors (Lipinski definition) is 0. The molecule has 0 heterocycles. The van der Waals surface area contributed by atoms with Crippen LogP contribution in [-0.2, 0) is 0 Å². The van der Waals surface area contributed by atoms with Crippen molar-refractivity contribution >= 4 is 11.6 Å². The molecule has 0 amide bonds. The first kappa shape index (κ1) is 16.2. The van der Waals surface area contributed by atoms with E-state index in [0.717, 1.165) is 12.0 Å². The van der Waals surface area contributed by atoms with Crippen LogP contribution >= 0.6 is 0 Å². The average Bonchev–Trinajstić information content (AvgIpc) is 2.39. The van der Waals surface area contributed by atoms with E-state index in [9.17, 15) is 0 Å². The highest BCUT2D eigenvalue weighted by Gasteiger charge is 2.05. The molecule has 0 saturated carbocycles. The molecule has 0 bridgehead atoms. The lowest BCUT2D eigenvalue weighted by molar-refractivity contribution is 1.15. The molecule has 0 saturated heterocycles. The van der Waals surface area contributed by atoms with E-state index in [-0.39, 0.29) is 7.43 Å². The van der Waals surface area contributed by atoms with Gasteiger partial charge in [-0.3, -0.25) is 0 Å². The summed E-state index contributed by atoms with van der Waals surface area (Å²) in [6.07, 6.45) is 9.02. The summed E-state index contributed by atoms with van der Waals surface area (Å²) in [5, 5.41) is 0. The lowest BCUT2D eigenvalue weighted by atomic mass is 9.94. The van der Waals surface area contributed by atoms with E-state index in [1.165, 1.54) is 16.7 Å². The van der Waals surface area contributed by atoms with Crippen LogP contribution in [-0.4, -0.2) is 0 Å². The first-order valence-electron chi connectivity index (χ1n) is 5.98. The minimum atomic E-state index is 0. The molecule has 1 rings (SSSR count). The van der Waals surface area contributed by atoms with E-state index in [1.807, 2.05) is 25.1 Å². The Bertz CT molecular complexity index is 459. The third kappa shape index (κ3) is 3.59. The molecule has 0 aliphatic carbocycles. The fourth-order valence-electron chi connectivity index (χ4n) is 1.90. The molecule has 1 aromatic carbocycles. The van der Waals surface area contributed by atoms with Gasteiger partial charge in [-0.05, 0) is 35.6 Å². The Kier molecular flexibility index (Phi) is 7.46. The van der Waals surface area contributed by atoms with Crippen molar-refractivity contribution in [2.75, 3.05) is 0 Å². The molecule has 0 aliphatic heterocycles. The maximum Gasteiger partial charge on any atom is -0.0109 e. The van der Waals surface area contributed by atoms with Crippen LogP contribution in [0.1, 0.15) is 38.8 Å². The predicted molar refractivity (Wildman–Crippen MR) is 85.5 cm³/mol. The van der Waals surface area contributed by atoms with Crippen molar-refractivity contribution in [3.63, 3.8) is 0 Å². The van der Waals surface area contributed by atoms with E-state index in [0.29, 0.717) is 0 Å². The maximum atomic E-state index is 3.90. The Labute approximate surface area is 112 Å². The molecule has 0 spiro atoms. The van der Waals surface area contributed by atoms with Gasteiger partial charge in [0, 0.05) is 0 Å². The van der Waals surface area contributed by atoms with Crippen molar-refractivity contribution in [1.82, 2.24) is 0 Å². The van der Waals surface area contributed by atoms with Gasteiger partial charge in [0.2, 0.25) is 0 Å². The van der Waals surface area contributed by atoms with Gasteiger partial charge >= 0.3 is 0 Å². The molecule has 96 valence electrons. The Hall–Kier alpha value is -1.82. The van der Waals surface area contributed by atoms with Crippen molar-refractivity contribution in [2.24, 2.45) is 0 Å². The van der Waals surface area contributed by atoms with Crippen molar-refractivity contribution in [3.05, 3.63) is 72.4 Å². The molecule has 0 N–H and O–H groups in total. The van der Waals surface area contributed by atoms with Crippen LogP contribution in [0.2, 0.25) is 0 Å². The normalized spacial score (nSPS) is 11.7. The fourth-order valence-corrected chi connectivity index (χ4v) is 1.90. The second-order valence-corrected chi connectivity index (χ2v) is 3.79. The highest BCUT2D eigenvalue weighted by atomic mass is 14.1. The zero-order chi connectivity index (χ0) is 12.7. The second-order valence-electron chi connectivity index (χ2n) is 3.79. The minimum absolute atomic E-state index is 0. The summed E-state index contributed by atoms with van der Waals surface area (Å²) in [5.41, 5.74) is 4.88. The van der Waals surface area contributed by atoms with E-state index in [4.69, 9.17) is 0 Å². The van der Waals surface area contributed by atoms with E-state index in [1.54, 1.807) is 0 Å². The van der Waals surface area contributed by atoms with Gasteiger partial charge in [-0.1, -0.05) is 76.1 Å². The van der Waals surface area contributed by atoms with Crippen LogP contribution < -0.4 is 0 Å². The minimum Gasteiger partial charge on any atom is -0.0988 e. The molecule has 0 unspecified atom stereocenters. The standard InChI is InChI=1S/C17H20.CH4/c1-5-11-16(14(6-2)7-3)17-13-10-9-12-15(17)8-4;/h5-6,8-13H,2,4,7H2,1,3H3;1H4/b11-5-,16-14-;. The molecule has 0 fully saturated rings. The van der Waals surface area contributed by atoms with E-state index < -0.39 is 0 Å². The molecule has 0 aliphatic rings. The van der Waals surface area contributed by atoms with Gasteiger partial charge in [0.25, 0.3) is 0 Å². The van der Waals surface area contributed by atoms with Crippen LogP contribution in [0.25, 0.3) is 11.6 Å². The van der Waals surface area contributed by atoms with Gasteiger partial charge < -0.3 is 0 Å². The van der Waals surface area contributed by atoms with Gasteiger partial charge in [-0.15, -0.1) is 0 Å². The number of rotatable bonds is 5. The molecule has 0 radical (unpaired) electrons. The summed E-state index contributed by atoms with van der Waals surface area (Å²) in [6, 6.07) is 8.31. The molecule has 0 atom stereocenters. The van der Waals surface area contributed by atoms with E-state index >= 15 is 0 Å². The monoisotopic (exact) mass is 240 g/mol. The van der Waals surface area contributed by atoms with Crippen molar-refractivity contribution < 1.29 is 0 Å². The smallest absolute Gasteiger partial charge is 0.0109 e. The summed E-state index contributed by atoms with van der Waals surface area (Å²) in [7, 11) is 0. The molecule has 0 aromatic heterocycles. The fraction of sp³-hybridized carbons (Fsp3) is 0.222. The van der Waals surface area contributed by atoms with Crippen molar-refractivity contribution in [3.8, 4) is 0 Å². The molecule has 0 heteroatoms. The van der Waals surface area contributed by atoms with Crippen molar-refractivity contribution in [1.29, 1.82) is 0 Å². The van der Waals surface area contributed by atoms with Crippen LogP contribution in [0.4, 0.5) is 0 Å². The third-order valence-electron chi connectivity index (χ3n) is 2.78. The summed E-state index contributed by atoms with van der Waals surface area (Å²) < 4.78 is 0. The zero-order valence-corrected chi connectivity index (χ0v) is 10.7. The quantitative estimate of drug-likeness (QED) is 0.563. The Morgan fingerprint density at radius 3 is 2.39 bits per heavy atom. The average molecular weight is 240 g/mol. The SMILES string of the molecule is C.C=C/C(CC)=C(\C=C/C)c1ccccc1C=C. The maximum absolute atomic E-state index is 3.90. The molecular weight excluding hydrogens is 216 g/mol. The highest BCUT2D eigenvalue weighted by molar-refractivity contribution is 5.83. The molecule has 0 nitrogen and oxygen atoms in total. The second kappa shape index (κ2) is 8.30. The van der Waals surface area contributed by atoms with Gasteiger partial charge in [0.15, 0.2) is 0 Å². The topological polar surface area (TPSA) is 0 Å². The van der Waals surface area contributed by atoms with Crippen LogP contribution in [0.15, 0.2) is 61.2 Å². The highest BCUT2D eigenvalue weighted by Crippen LogP contribution is 2.26. The predicted octanol–water partition coefficient (Wildman–Crippen LogP) is 5.89. The Balaban J connectivity index is 0.00000289. The van der Waals surface area contributed by atoms with Crippen LogP contribution in [0.5, 0.6) is 0 Å². The van der Waals surface area contributed by atoms with Gasteiger partial charge in [-0.25, -0.2) is 0 Å². The van der Waals surface area contributed by atoms with Crippen LogP contribution in [0, 0.1) is 0 Å². The largest absolute Gasteiger partial charge is 0.0988 e. The lowest BCUT2D eigenvalue weighted by Gasteiger charge is -2.11. The molecular formula is C18H24. The van der Waals surface area contributed by atoms with Crippen molar-refractivity contribution in [2.45, 2.75) is 27.7 Å². The zero-order valence-electron chi connectivity index (χ0n) is 10.7. The number of benzene rings is 1. The van der Waals surface area contributed by atoms with Gasteiger partial charge in [0.1, 0.15) is 0 Å². The Morgan fingerprint density at radius 1 is 1.22 bits per heavy atom. The first-order chi connectivity index (χ1) is 8.28. The number of hydrogen-bond acceptors (Lipinski definition) is 0. The van der Waals surface area contributed by atoms with E-state index in [2.05, 4.69) is 50.4 Å². The third-order valence-corrected chi connectivity index (χ3v) is 2.78. The summed E-state index contributed by atoms with van der Waals surface area (Å²) in [4.78, 5) is 0. The van der Waals surface area contributed by atoms with Gasteiger partial charge in [0.05, 0.1) is 0 Å².